The number of rotatable bonds is 7. The number of amides is 1. The molecular formula is C18H24FN5O2. The van der Waals surface area contributed by atoms with Gasteiger partial charge < -0.3 is 10.1 Å². The first kappa shape index (κ1) is 18.5. The number of benzene rings is 1. The van der Waals surface area contributed by atoms with E-state index >= 15 is 0 Å². The number of carbonyl (C=O) groups excluding carboxylic acids is 1. The zero-order chi connectivity index (χ0) is 18.4. The average Bonchev–Trinajstić information content (AvgIpc) is 3.04. The molecule has 1 fully saturated rings. The van der Waals surface area contributed by atoms with Gasteiger partial charge in [-0.25, -0.2) is 4.39 Å². The Morgan fingerprint density at radius 1 is 1.42 bits per heavy atom. The van der Waals surface area contributed by atoms with Crippen molar-refractivity contribution in [2.24, 2.45) is 0 Å². The highest BCUT2D eigenvalue weighted by atomic mass is 19.1. The molecule has 8 heteroatoms. The highest BCUT2D eigenvalue weighted by Crippen LogP contribution is 2.16. The molecule has 2 heterocycles. The zero-order valence-corrected chi connectivity index (χ0v) is 14.9. The Morgan fingerprint density at radius 2 is 2.27 bits per heavy atom. The first-order valence-corrected chi connectivity index (χ1v) is 8.80. The van der Waals surface area contributed by atoms with Crippen LogP contribution in [0.15, 0.2) is 30.5 Å². The quantitative estimate of drug-likeness (QED) is 0.801. The van der Waals surface area contributed by atoms with Gasteiger partial charge in [-0.1, -0.05) is 23.4 Å². The summed E-state index contributed by atoms with van der Waals surface area (Å²) in [5.41, 5.74) is 1.49. The van der Waals surface area contributed by atoms with E-state index in [0.717, 1.165) is 5.69 Å². The molecule has 1 atom stereocenters. The van der Waals surface area contributed by atoms with Gasteiger partial charge in [0.1, 0.15) is 5.82 Å². The van der Waals surface area contributed by atoms with Crippen molar-refractivity contribution >= 4 is 5.91 Å². The fraction of sp³-hybridized carbons (Fsp3) is 0.500. The van der Waals surface area contributed by atoms with Crippen LogP contribution in [-0.2, 0) is 22.6 Å². The lowest BCUT2D eigenvalue weighted by Crippen LogP contribution is -2.47. The van der Waals surface area contributed by atoms with E-state index in [1.54, 1.807) is 16.8 Å². The van der Waals surface area contributed by atoms with Gasteiger partial charge >= 0.3 is 0 Å². The van der Waals surface area contributed by atoms with E-state index in [1.807, 2.05) is 19.2 Å². The van der Waals surface area contributed by atoms with E-state index in [9.17, 15) is 9.18 Å². The minimum atomic E-state index is -0.217. The molecule has 1 unspecified atom stereocenters. The third-order valence-electron chi connectivity index (χ3n) is 4.42. The molecule has 1 aliphatic rings. The molecule has 0 radical (unpaired) electrons. The minimum Gasteiger partial charge on any atom is -0.378 e. The SMILES string of the molecule is Cc1cn(CCNC(=O)CC2COCCN2Cc2ccccc2F)nn1. The first-order chi connectivity index (χ1) is 12.6. The van der Waals surface area contributed by atoms with Crippen LogP contribution < -0.4 is 5.32 Å². The second kappa shape index (κ2) is 8.86. The lowest BCUT2D eigenvalue weighted by molar-refractivity contribution is -0.124. The second-order valence-electron chi connectivity index (χ2n) is 6.47. The summed E-state index contributed by atoms with van der Waals surface area (Å²) < 4.78 is 21.1. The molecule has 7 nitrogen and oxygen atoms in total. The highest BCUT2D eigenvalue weighted by Gasteiger charge is 2.26. The maximum Gasteiger partial charge on any atom is 0.221 e. The van der Waals surface area contributed by atoms with E-state index in [-0.39, 0.29) is 17.8 Å². The summed E-state index contributed by atoms with van der Waals surface area (Å²) in [6.07, 6.45) is 2.15. The van der Waals surface area contributed by atoms with E-state index in [1.165, 1.54) is 6.07 Å². The maximum atomic E-state index is 13.9. The Morgan fingerprint density at radius 3 is 3.04 bits per heavy atom. The predicted molar refractivity (Wildman–Crippen MR) is 93.8 cm³/mol. The molecule has 1 aromatic carbocycles. The van der Waals surface area contributed by atoms with Crippen molar-refractivity contribution in [3.8, 4) is 0 Å². The largest absolute Gasteiger partial charge is 0.378 e. The van der Waals surface area contributed by atoms with Gasteiger partial charge in [0.05, 0.1) is 25.5 Å². The summed E-state index contributed by atoms with van der Waals surface area (Å²) >= 11 is 0. The second-order valence-corrected chi connectivity index (χ2v) is 6.47. The van der Waals surface area contributed by atoms with Crippen LogP contribution in [0.3, 0.4) is 0 Å². The normalized spacial score (nSPS) is 18.0. The van der Waals surface area contributed by atoms with Crippen LogP contribution in [0.5, 0.6) is 0 Å². The van der Waals surface area contributed by atoms with Crippen molar-refractivity contribution in [1.82, 2.24) is 25.2 Å². The van der Waals surface area contributed by atoms with Crippen molar-refractivity contribution in [2.75, 3.05) is 26.3 Å². The van der Waals surface area contributed by atoms with E-state index in [0.29, 0.717) is 51.4 Å². The van der Waals surface area contributed by atoms with Crippen LogP contribution in [0.25, 0.3) is 0 Å². The van der Waals surface area contributed by atoms with Crippen molar-refractivity contribution in [3.05, 3.63) is 47.5 Å². The highest BCUT2D eigenvalue weighted by molar-refractivity contribution is 5.76. The van der Waals surface area contributed by atoms with Crippen molar-refractivity contribution in [2.45, 2.75) is 32.5 Å². The van der Waals surface area contributed by atoms with Gasteiger partial charge in [0.15, 0.2) is 0 Å². The van der Waals surface area contributed by atoms with Gasteiger partial charge in [-0.15, -0.1) is 5.10 Å². The number of hydrogen-bond donors (Lipinski definition) is 1. The number of ether oxygens (including phenoxy) is 1. The van der Waals surface area contributed by atoms with Crippen molar-refractivity contribution in [3.63, 3.8) is 0 Å². The summed E-state index contributed by atoms with van der Waals surface area (Å²) in [5, 5.41) is 10.8. The summed E-state index contributed by atoms with van der Waals surface area (Å²) in [5.74, 6) is -0.263. The molecule has 0 aliphatic carbocycles. The molecular weight excluding hydrogens is 337 g/mol. The molecule has 140 valence electrons. The number of nitrogens with zero attached hydrogens (tertiary/aromatic N) is 4. The predicted octanol–water partition coefficient (Wildman–Crippen LogP) is 1.13. The lowest BCUT2D eigenvalue weighted by atomic mass is 10.1. The van der Waals surface area contributed by atoms with Crippen molar-refractivity contribution < 1.29 is 13.9 Å². The van der Waals surface area contributed by atoms with Gasteiger partial charge in [-0.3, -0.25) is 14.4 Å². The number of morpholine rings is 1. The molecule has 0 bridgehead atoms. The number of aryl methyl sites for hydroxylation is 1. The van der Waals surface area contributed by atoms with Gasteiger partial charge in [-0.05, 0) is 13.0 Å². The number of hydrogen-bond acceptors (Lipinski definition) is 5. The number of aromatic nitrogens is 3. The van der Waals surface area contributed by atoms with Crippen LogP contribution in [0, 0.1) is 12.7 Å². The van der Waals surface area contributed by atoms with Crippen LogP contribution in [0.1, 0.15) is 17.7 Å². The van der Waals surface area contributed by atoms with Crippen LogP contribution >= 0.6 is 0 Å². The molecule has 1 aromatic heterocycles. The zero-order valence-electron chi connectivity index (χ0n) is 14.9. The number of nitrogens with one attached hydrogen (secondary N) is 1. The van der Waals surface area contributed by atoms with Gasteiger partial charge in [0.25, 0.3) is 0 Å². The van der Waals surface area contributed by atoms with Crippen LogP contribution in [0.2, 0.25) is 0 Å². The molecule has 26 heavy (non-hydrogen) atoms. The number of halogens is 1. The summed E-state index contributed by atoms with van der Waals surface area (Å²) in [7, 11) is 0. The molecule has 1 saturated heterocycles. The smallest absolute Gasteiger partial charge is 0.221 e. The average molecular weight is 361 g/mol. The Balaban J connectivity index is 1.49. The Labute approximate surface area is 152 Å². The summed E-state index contributed by atoms with van der Waals surface area (Å²) in [4.78, 5) is 14.4. The van der Waals surface area contributed by atoms with E-state index in [4.69, 9.17) is 4.74 Å². The monoisotopic (exact) mass is 361 g/mol. The Kier molecular flexibility index (Phi) is 6.30. The molecule has 1 N–H and O–H groups in total. The van der Waals surface area contributed by atoms with Crippen LogP contribution in [0.4, 0.5) is 4.39 Å². The topological polar surface area (TPSA) is 72.3 Å². The Hall–Kier alpha value is -2.32. The molecule has 1 aliphatic heterocycles. The van der Waals surface area contributed by atoms with Crippen LogP contribution in [-0.4, -0.2) is 58.1 Å². The van der Waals surface area contributed by atoms with Gasteiger partial charge in [-0.2, -0.15) is 0 Å². The minimum absolute atomic E-state index is 0.0455. The van der Waals surface area contributed by atoms with Crippen molar-refractivity contribution in [1.29, 1.82) is 0 Å². The number of carbonyl (C=O) groups is 1. The fourth-order valence-corrected chi connectivity index (χ4v) is 3.03. The molecule has 0 spiro atoms. The lowest BCUT2D eigenvalue weighted by Gasteiger charge is -2.35. The summed E-state index contributed by atoms with van der Waals surface area (Å²) in [6, 6.07) is 6.69. The summed E-state index contributed by atoms with van der Waals surface area (Å²) in [6.45, 7) is 5.17. The standard InChI is InChI=1S/C18H24FN5O2/c1-14-11-24(22-21-14)7-6-20-18(25)10-16-13-26-9-8-23(16)12-15-4-2-3-5-17(15)19/h2-5,11,16H,6-10,12-13H2,1H3,(H,20,25). The molecule has 1 amide bonds. The first-order valence-electron chi connectivity index (χ1n) is 8.80. The third kappa shape index (κ3) is 5.09. The van der Waals surface area contributed by atoms with E-state index < -0.39 is 0 Å². The Bertz CT molecular complexity index is 736. The van der Waals surface area contributed by atoms with Gasteiger partial charge in [0.2, 0.25) is 5.91 Å². The molecule has 3 rings (SSSR count). The van der Waals surface area contributed by atoms with Gasteiger partial charge in [0, 0.05) is 43.9 Å². The van der Waals surface area contributed by atoms with E-state index in [2.05, 4.69) is 20.5 Å². The molecule has 0 saturated carbocycles. The molecule has 2 aromatic rings. The third-order valence-corrected chi connectivity index (χ3v) is 4.42. The fourth-order valence-electron chi connectivity index (χ4n) is 3.03. The maximum absolute atomic E-state index is 13.9.